The summed E-state index contributed by atoms with van der Waals surface area (Å²) in [6.07, 6.45) is 7.02. The van der Waals surface area contributed by atoms with Crippen LogP contribution >= 0.6 is 0 Å². The zero-order valence-corrected chi connectivity index (χ0v) is 12.2. The minimum atomic E-state index is -0.584. The van der Waals surface area contributed by atoms with E-state index in [4.69, 9.17) is 0 Å². The van der Waals surface area contributed by atoms with Crippen molar-refractivity contribution in [3.8, 4) is 0 Å². The van der Waals surface area contributed by atoms with Gasteiger partial charge in [-0.05, 0) is 31.9 Å². The Morgan fingerprint density at radius 1 is 1.09 bits per heavy atom. The average Bonchev–Trinajstić information content (AvgIpc) is 3.06. The summed E-state index contributed by atoms with van der Waals surface area (Å²) in [5.41, 5.74) is -0.418. The lowest BCUT2D eigenvalue weighted by Gasteiger charge is -2.16. The fraction of sp³-hybridized carbons (Fsp3) is 0.235. The molecular formula is C17H16N2O3. The minimum absolute atomic E-state index is 0.0263. The molecule has 0 atom stereocenters. The Hall–Kier alpha value is -2.69. The molecule has 0 amide bonds. The highest BCUT2D eigenvalue weighted by Gasteiger charge is 2.21. The molecular weight excluding hydrogens is 280 g/mol. The van der Waals surface area contributed by atoms with Crippen LogP contribution in [0.3, 0.4) is 0 Å². The van der Waals surface area contributed by atoms with Crippen LogP contribution in [0.15, 0.2) is 58.3 Å². The van der Waals surface area contributed by atoms with Crippen LogP contribution in [0, 0.1) is 6.92 Å². The molecule has 0 unspecified atom stereocenters. The lowest BCUT2D eigenvalue weighted by Crippen LogP contribution is -2.45. The van der Waals surface area contributed by atoms with E-state index in [1.54, 1.807) is 43.5 Å². The summed E-state index contributed by atoms with van der Waals surface area (Å²) >= 11 is 0. The molecule has 22 heavy (non-hydrogen) atoms. The Labute approximate surface area is 127 Å². The number of benzene rings is 1. The van der Waals surface area contributed by atoms with Crippen molar-refractivity contribution in [2.24, 2.45) is 0 Å². The molecule has 3 rings (SSSR count). The van der Waals surface area contributed by atoms with E-state index >= 15 is 0 Å². The highest BCUT2D eigenvalue weighted by molar-refractivity contribution is 5.95. The normalized spacial score (nSPS) is 14.4. The summed E-state index contributed by atoms with van der Waals surface area (Å²) < 4.78 is 2.24. The lowest BCUT2D eigenvalue weighted by atomic mass is 10.2. The Balaban J connectivity index is 2.17. The summed E-state index contributed by atoms with van der Waals surface area (Å²) in [4.78, 5) is 37.4. The zero-order valence-electron chi connectivity index (χ0n) is 12.2. The van der Waals surface area contributed by atoms with Gasteiger partial charge in [0.1, 0.15) is 0 Å². The van der Waals surface area contributed by atoms with E-state index in [9.17, 15) is 14.4 Å². The van der Waals surface area contributed by atoms with Crippen LogP contribution in [0.4, 0.5) is 0 Å². The van der Waals surface area contributed by atoms with Gasteiger partial charge in [0.25, 0.3) is 11.5 Å². The van der Waals surface area contributed by atoms with Gasteiger partial charge in [-0.25, -0.2) is 4.79 Å². The minimum Gasteiger partial charge on any atom is -0.296 e. The molecule has 5 heteroatoms. The molecule has 0 saturated carbocycles. The number of aromatic nitrogens is 2. The highest BCUT2D eigenvalue weighted by Crippen LogP contribution is 2.21. The van der Waals surface area contributed by atoms with E-state index in [1.807, 2.05) is 12.2 Å². The van der Waals surface area contributed by atoms with Crippen molar-refractivity contribution in [3.63, 3.8) is 0 Å². The van der Waals surface area contributed by atoms with Crippen molar-refractivity contribution in [2.45, 2.75) is 25.8 Å². The molecule has 0 spiro atoms. The summed E-state index contributed by atoms with van der Waals surface area (Å²) in [5.74, 6) is -0.584. The molecule has 0 radical (unpaired) electrons. The van der Waals surface area contributed by atoms with Gasteiger partial charge in [0.2, 0.25) is 0 Å². The van der Waals surface area contributed by atoms with Crippen molar-refractivity contribution in [1.82, 2.24) is 9.13 Å². The SMILES string of the molecule is Cc1cn(C2CC=CC2)c(=O)n(C(=O)c2ccccc2)c1=O. The van der Waals surface area contributed by atoms with Crippen LogP contribution in [0.25, 0.3) is 0 Å². The van der Waals surface area contributed by atoms with Crippen LogP contribution in [0.1, 0.15) is 34.8 Å². The molecule has 1 aromatic heterocycles. The molecule has 0 aliphatic heterocycles. The molecule has 0 saturated heterocycles. The van der Waals surface area contributed by atoms with E-state index in [2.05, 4.69) is 0 Å². The van der Waals surface area contributed by atoms with Gasteiger partial charge in [0.15, 0.2) is 0 Å². The first-order valence-corrected chi connectivity index (χ1v) is 7.19. The van der Waals surface area contributed by atoms with Crippen molar-refractivity contribution in [1.29, 1.82) is 0 Å². The van der Waals surface area contributed by atoms with Crippen LogP contribution < -0.4 is 11.2 Å². The number of allylic oxidation sites excluding steroid dienone is 2. The Morgan fingerprint density at radius 3 is 2.36 bits per heavy atom. The number of hydrogen-bond acceptors (Lipinski definition) is 3. The smallest absolute Gasteiger partial charge is 0.296 e. The summed E-state index contributed by atoms with van der Waals surface area (Å²) in [6.45, 7) is 1.62. The van der Waals surface area contributed by atoms with Gasteiger partial charge in [-0.15, -0.1) is 0 Å². The van der Waals surface area contributed by atoms with E-state index in [-0.39, 0.29) is 6.04 Å². The van der Waals surface area contributed by atoms with Crippen LogP contribution in [0.2, 0.25) is 0 Å². The largest absolute Gasteiger partial charge is 0.338 e. The second kappa shape index (κ2) is 5.60. The van der Waals surface area contributed by atoms with Gasteiger partial charge in [-0.1, -0.05) is 30.4 Å². The molecule has 0 bridgehead atoms. The summed E-state index contributed by atoms with van der Waals surface area (Å²) in [5, 5.41) is 0. The van der Waals surface area contributed by atoms with Crippen molar-refractivity contribution in [3.05, 3.63) is 80.6 Å². The third-order valence-electron chi connectivity index (χ3n) is 3.89. The Bertz CT molecular complexity index is 852. The molecule has 1 heterocycles. The van der Waals surface area contributed by atoms with Gasteiger partial charge in [0, 0.05) is 23.4 Å². The summed E-state index contributed by atoms with van der Waals surface area (Å²) in [6, 6.07) is 8.34. The van der Waals surface area contributed by atoms with E-state index < -0.39 is 17.2 Å². The van der Waals surface area contributed by atoms with Crippen molar-refractivity contribution >= 4 is 5.91 Å². The number of carbonyl (C=O) groups is 1. The fourth-order valence-corrected chi connectivity index (χ4v) is 2.68. The van der Waals surface area contributed by atoms with Gasteiger partial charge in [0.05, 0.1) is 0 Å². The second-order valence-corrected chi connectivity index (χ2v) is 5.41. The maximum Gasteiger partial charge on any atom is 0.338 e. The first-order chi connectivity index (χ1) is 10.6. The van der Waals surface area contributed by atoms with E-state index in [0.29, 0.717) is 11.1 Å². The first-order valence-electron chi connectivity index (χ1n) is 7.19. The quantitative estimate of drug-likeness (QED) is 0.795. The second-order valence-electron chi connectivity index (χ2n) is 5.41. The maximum absolute atomic E-state index is 12.6. The fourth-order valence-electron chi connectivity index (χ4n) is 2.68. The standard InChI is InChI=1S/C17H16N2O3/c1-12-11-18(14-9-5-6-10-14)17(22)19(15(12)20)16(21)13-7-3-2-4-8-13/h2-8,11,14H,9-10H2,1H3. The predicted octanol–water partition coefficient (Wildman–Crippen LogP) is 1.90. The molecule has 1 aliphatic carbocycles. The summed E-state index contributed by atoms with van der Waals surface area (Å²) in [7, 11) is 0. The van der Waals surface area contributed by atoms with E-state index in [1.165, 1.54) is 4.57 Å². The first kappa shape index (κ1) is 14.3. The number of carbonyl (C=O) groups excluding carboxylic acids is 1. The molecule has 112 valence electrons. The Kier molecular flexibility index (Phi) is 3.63. The molecule has 0 N–H and O–H groups in total. The number of aryl methyl sites for hydroxylation is 1. The van der Waals surface area contributed by atoms with Crippen LogP contribution in [-0.2, 0) is 0 Å². The predicted molar refractivity (Wildman–Crippen MR) is 83.3 cm³/mol. The maximum atomic E-state index is 12.6. The zero-order chi connectivity index (χ0) is 15.7. The van der Waals surface area contributed by atoms with Crippen LogP contribution in [0.5, 0.6) is 0 Å². The monoisotopic (exact) mass is 296 g/mol. The third-order valence-corrected chi connectivity index (χ3v) is 3.89. The Morgan fingerprint density at radius 2 is 1.73 bits per heavy atom. The van der Waals surface area contributed by atoms with Crippen LogP contribution in [-0.4, -0.2) is 15.0 Å². The molecule has 5 nitrogen and oxygen atoms in total. The molecule has 0 fully saturated rings. The van der Waals surface area contributed by atoms with Gasteiger partial charge in [-0.2, -0.15) is 4.57 Å². The van der Waals surface area contributed by atoms with Gasteiger partial charge in [-0.3, -0.25) is 14.2 Å². The lowest BCUT2D eigenvalue weighted by molar-refractivity contribution is 0.0947. The third kappa shape index (κ3) is 2.35. The van der Waals surface area contributed by atoms with E-state index in [0.717, 1.165) is 17.4 Å². The molecule has 2 aromatic rings. The van der Waals surface area contributed by atoms with Crippen molar-refractivity contribution < 1.29 is 4.79 Å². The van der Waals surface area contributed by atoms with Gasteiger partial charge < -0.3 is 0 Å². The van der Waals surface area contributed by atoms with Gasteiger partial charge >= 0.3 is 5.69 Å². The average molecular weight is 296 g/mol. The number of nitrogens with zero attached hydrogens (tertiary/aromatic N) is 2. The topological polar surface area (TPSA) is 61.1 Å². The van der Waals surface area contributed by atoms with Crippen molar-refractivity contribution in [2.75, 3.05) is 0 Å². The molecule has 1 aliphatic rings. The molecule has 1 aromatic carbocycles. The highest BCUT2D eigenvalue weighted by atomic mass is 16.2. The number of rotatable bonds is 2. The number of hydrogen-bond donors (Lipinski definition) is 0.